The largest absolute Gasteiger partial charge is 0.326 e. The Morgan fingerprint density at radius 2 is 2.04 bits per heavy atom. The minimum absolute atomic E-state index is 0.0544. The van der Waals surface area contributed by atoms with E-state index >= 15 is 0 Å². The molecule has 0 radical (unpaired) electrons. The topological polar surface area (TPSA) is 75.7 Å². The molecule has 0 aliphatic carbocycles. The maximum Gasteiger partial charge on any atom is 0.277 e. The Hall–Kier alpha value is -2.58. The maximum atomic E-state index is 13.9. The third-order valence-corrected chi connectivity index (χ3v) is 5.10. The lowest BCUT2D eigenvalue weighted by Crippen LogP contribution is -2.35. The fourth-order valence-corrected chi connectivity index (χ4v) is 3.54. The molecular formula is C19H19FN2O4S. The predicted molar refractivity (Wildman–Crippen MR) is 99.3 cm³/mol. The van der Waals surface area contributed by atoms with Gasteiger partial charge in [-0.3, -0.25) is 19.2 Å². The SMILES string of the molecule is CC(=O)c1cc(CC(=O)Nc2cc(F)cc(C(=O)N3CCCCO3)c2)cs1. The number of amides is 2. The summed E-state index contributed by atoms with van der Waals surface area (Å²) in [5.74, 6) is -1.47. The highest BCUT2D eigenvalue weighted by Crippen LogP contribution is 2.19. The average Bonchev–Trinajstić information content (AvgIpc) is 3.10. The van der Waals surface area contributed by atoms with Crippen LogP contribution in [-0.4, -0.2) is 35.8 Å². The van der Waals surface area contributed by atoms with E-state index in [1.165, 1.54) is 29.4 Å². The molecule has 1 aliphatic heterocycles. The number of benzene rings is 1. The van der Waals surface area contributed by atoms with Crippen molar-refractivity contribution in [2.24, 2.45) is 0 Å². The average molecular weight is 390 g/mol. The van der Waals surface area contributed by atoms with E-state index < -0.39 is 11.7 Å². The summed E-state index contributed by atoms with van der Waals surface area (Å²) in [4.78, 5) is 41.9. The van der Waals surface area contributed by atoms with Gasteiger partial charge < -0.3 is 5.32 Å². The molecule has 0 bridgehead atoms. The molecule has 8 heteroatoms. The van der Waals surface area contributed by atoms with Gasteiger partial charge in [0.25, 0.3) is 5.91 Å². The summed E-state index contributed by atoms with van der Waals surface area (Å²) in [6.07, 6.45) is 1.76. The number of nitrogens with zero attached hydrogens (tertiary/aromatic N) is 1. The van der Waals surface area contributed by atoms with Gasteiger partial charge in [0.2, 0.25) is 5.91 Å². The molecule has 2 aromatic rings. The number of carbonyl (C=O) groups is 3. The smallest absolute Gasteiger partial charge is 0.277 e. The maximum absolute atomic E-state index is 13.9. The molecule has 2 heterocycles. The molecule has 1 aliphatic rings. The van der Waals surface area contributed by atoms with Gasteiger partial charge in [0.15, 0.2) is 5.78 Å². The van der Waals surface area contributed by atoms with Gasteiger partial charge in [-0.05, 0) is 55.0 Å². The van der Waals surface area contributed by atoms with Gasteiger partial charge in [-0.1, -0.05) is 0 Å². The van der Waals surface area contributed by atoms with Gasteiger partial charge in [0.05, 0.1) is 17.9 Å². The lowest BCUT2D eigenvalue weighted by Gasteiger charge is -2.26. The van der Waals surface area contributed by atoms with E-state index in [9.17, 15) is 18.8 Å². The van der Waals surface area contributed by atoms with E-state index in [2.05, 4.69) is 5.32 Å². The first kappa shape index (κ1) is 19.2. The zero-order chi connectivity index (χ0) is 19.4. The first-order valence-electron chi connectivity index (χ1n) is 8.56. The Bertz CT molecular complexity index is 874. The second-order valence-electron chi connectivity index (χ2n) is 6.28. The van der Waals surface area contributed by atoms with Crippen molar-refractivity contribution in [3.05, 3.63) is 51.5 Å². The van der Waals surface area contributed by atoms with E-state index in [4.69, 9.17) is 4.84 Å². The van der Waals surface area contributed by atoms with Crippen LogP contribution >= 0.6 is 11.3 Å². The van der Waals surface area contributed by atoms with Gasteiger partial charge in [0, 0.05) is 17.8 Å². The Balaban J connectivity index is 1.68. The van der Waals surface area contributed by atoms with Crippen molar-refractivity contribution in [3.63, 3.8) is 0 Å². The summed E-state index contributed by atoms with van der Waals surface area (Å²) in [5.41, 5.74) is 1.01. The summed E-state index contributed by atoms with van der Waals surface area (Å²) < 4.78 is 13.9. The number of hydrogen-bond acceptors (Lipinski definition) is 5. The van der Waals surface area contributed by atoms with Crippen LogP contribution in [0.2, 0.25) is 0 Å². The van der Waals surface area contributed by atoms with E-state index in [0.717, 1.165) is 25.0 Å². The molecule has 1 N–H and O–H groups in total. The van der Waals surface area contributed by atoms with Crippen LogP contribution in [0.1, 0.15) is 45.4 Å². The predicted octanol–water partition coefficient (Wildman–Crippen LogP) is 3.44. The van der Waals surface area contributed by atoms with E-state index in [-0.39, 0.29) is 29.4 Å². The minimum atomic E-state index is -0.623. The fraction of sp³-hybridized carbons (Fsp3) is 0.316. The summed E-state index contributed by atoms with van der Waals surface area (Å²) in [6, 6.07) is 5.37. The molecule has 0 spiro atoms. The third-order valence-electron chi connectivity index (χ3n) is 4.02. The highest BCUT2D eigenvalue weighted by molar-refractivity contribution is 7.12. The second-order valence-corrected chi connectivity index (χ2v) is 7.19. The van der Waals surface area contributed by atoms with Crippen LogP contribution in [0.3, 0.4) is 0 Å². The summed E-state index contributed by atoms with van der Waals surface area (Å²) in [6.45, 7) is 2.37. The number of anilines is 1. The molecule has 1 saturated heterocycles. The molecule has 3 rings (SSSR count). The number of Topliss-reactive ketones (excluding diaryl/α,β-unsaturated/α-hetero) is 1. The lowest BCUT2D eigenvalue weighted by molar-refractivity contribution is -0.144. The van der Waals surface area contributed by atoms with Crippen LogP contribution in [0, 0.1) is 5.82 Å². The van der Waals surface area contributed by atoms with Crippen LogP contribution < -0.4 is 5.32 Å². The van der Waals surface area contributed by atoms with Crippen molar-refractivity contribution >= 4 is 34.6 Å². The first-order chi connectivity index (χ1) is 12.9. The summed E-state index contributed by atoms with van der Waals surface area (Å²) >= 11 is 1.28. The normalized spacial score (nSPS) is 14.1. The first-order valence-corrected chi connectivity index (χ1v) is 9.44. The standard InChI is InChI=1S/C19H19FN2O4S/c1-12(23)17-6-13(11-27-17)7-18(24)21-16-9-14(8-15(20)10-16)19(25)22-4-2-3-5-26-22/h6,8-11H,2-5,7H2,1H3,(H,21,24). The number of halogens is 1. The molecule has 0 atom stereocenters. The van der Waals surface area contributed by atoms with Crippen LogP contribution in [0.4, 0.5) is 10.1 Å². The minimum Gasteiger partial charge on any atom is -0.326 e. The van der Waals surface area contributed by atoms with Crippen LogP contribution in [-0.2, 0) is 16.1 Å². The number of thiophene rings is 1. The number of hydroxylamine groups is 2. The van der Waals surface area contributed by atoms with Crippen molar-refractivity contribution in [3.8, 4) is 0 Å². The van der Waals surface area contributed by atoms with E-state index in [1.54, 1.807) is 11.4 Å². The molecule has 1 aromatic heterocycles. The molecule has 1 fully saturated rings. The van der Waals surface area contributed by atoms with Gasteiger partial charge in [-0.25, -0.2) is 9.45 Å². The van der Waals surface area contributed by atoms with Gasteiger partial charge in [-0.2, -0.15) is 0 Å². The molecule has 0 saturated carbocycles. The van der Waals surface area contributed by atoms with Gasteiger partial charge in [-0.15, -0.1) is 11.3 Å². The second kappa shape index (κ2) is 8.41. The zero-order valence-electron chi connectivity index (χ0n) is 14.8. The lowest BCUT2D eigenvalue weighted by atomic mass is 10.1. The fourth-order valence-electron chi connectivity index (χ4n) is 2.73. The monoisotopic (exact) mass is 390 g/mol. The third kappa shape index (κ3) is 4.99. The van der Waals surface area contributed by atoms with Crippen LogP contribution in [0.25, 0.3) is 0 Å². The zero-order valence-corrected chi connectivity index (χ0v) is 15.6. The number of hydrogen-bond donors (Lipinski definition) is 1. The number of carbonyl (C=O) groups excluding carboxylic acids is 3. The van der Waals surface area contributed by atoms with Crippen molar-refractivity contribution in [2.75, 3.05) is 18.5 Å². The molecule has 27 heavy (non-hydrogen) atoms. The molecule has 6 nitrogen and oxygen atoms in total. The quantitative estimate of drug-likeness (QED) is 0.794. The summed E-state index contributed by atoms with van der Waals surface area (Å²) in [7, 11) is 0. The Morgan fingerprint density at radius 1 is 1.22 bits per heavy atom. The number of nitrogens with one attached hydrogen (secondary N) is 1. The highest BCUT2D eigenvalue weighted by atomic mass is 32.1. The Labute approximate surface area is 159 Å². The van der Waals surface area contributed by atoms with Crippen molar-refractivity contribution in [1.29, 1.82) is 0 Å². The summed E-state index contributed by atoms with van der Waals surface area (Å²) in [5, 5.41) is 5.56. The molecule has 2 amide bonds. The Morgan fingerprint density at radius 3 is 2.70 bits per heavy atom. The van der Waals surface area contributed by atoms with Gasteiger partial charge >= 0.3 is 0 Å². The van der Waals surface area contributed by atoms with Crippen molar-refractivity contribution in [1.82, 2.24) is 5.06 Å². The molecular weight excluding hydrogens is 371 g/mol. The van der Waals surface area contributed by atoms with Crippen LogP contribution in [0.5, 0.6) is 0 Å². The van der Waals surface area contributed by atoms with Crippen molar-refractivity contribution < 1.29 is 23.6 Å². The number of ketones is 1. The van der Waals surface area contributed by atoms with Crippen molar-refractivity contribution in [2.45, 2.75) is 26.2 Å². The Kier molecular flexibility index (Phi) is 5.98. The molecule has 142 valence electrons. The highest BCUT2D eigenvalue weighted by Gasteiger charge is 2.21. The number of rotatable bonds is 5. The molecule has 0 unspecified atom stereocenters. The van der Waals surface area contributed by atoms with E-state index in [0.29, 0.717) is 23.6 Å². The van der Waals surface area contributed by atoms with Crippen LogP contribution in [0.15, 0.2) is 29.6 Å². The van der Waals surface area contributed by atoms with Gasteiger partial charge in [0.1, 0.15) is 5.82 Å². The molecule has 1 aromatic carbocycles. The van der Waals surface area contributed by atoms with E-state index in [1.807, 2.05) is 0 Å².